The van der Waals surface area contributed by atoms with E-state index < -0.39 is 7.60 Å². The summed E-state index contributed by atoms with van der Waals surface area (Å²) in [6.07, 6.45) is 4.65. The minimum absolute atomic E-state index is 0.00361. The predicted octanol–water partition coefficient (Wildman–Crippen LogP) is 5.26. The number of rotatable bonds is 10. The lowest BCUT2D eigenvalue weighted by atomic mass is 10.2. The smallest absolute Gasteiger partial charge is 0.424 e. The normalized spacial score (nSPS) is 13.6. The number of hydrazine groups is 1. The van der Waals surface area contributed by atoms with Crippen LogP contribution in [0.5, 0.6) is 17.2 Å². The number of aromatic nitrogens is 1. The molecule has 0 saturated heterocycles. The van der Waals surface area contributed by atoms with E-state index in [9.17, 15) is 9.67 Å². The number of anilines is 1. The van der Waals surface area contributed by atoms with Crippen molar-refractivity contribution >= 4 is 13.4 Å². The number of hydrogen-bond acceptors (Lipinski definition) is 8. The van der Waals surface area contributed by atoms with Gasteiger partial charge in [-0.1, -0.05) is 26.0 Å². The SMILES string of the molecule is CC/C=C(\CC)P(=O)(ONN(C)c1ncccc1C)Oc1cc(C)c(O)c(OC)c1. The molecule has 1 heterocycles. The fourth-order valence-electron chi connectivity index (χ4n) is 2.87. The van der Waals surface area contributed by atoms with Gasteiger partial charge in [0.1, 0.15) is 11.6 Å². The van der Waals surface area contributed by atoms with Crippen LogP contribution in [-0.4, -0.2) is 24.2 Å². The van der Waals surface area contributed by atoms with Gasteiger partial charge < -0.3 is 14.4 Å². The van der Waals surface area contributed by atoms with Crippen LogP contribution in [0.2, 0.25) is 0 Å². The Balaban J connectivity index is 2.35. The second kappa shape index (κ2) is 10.5. The molecular weight excluding hydrogens is 405 g/mol. The van der Waals surface area contributed by atoms with Crippen LogP contribution in [0.4, 0.5) is 5.82 Å². The van der Waals surface area contributed by atoms with Gasteiger partial charge in [0.15, 0.2) is 11.5 Å². The van der Waals surface area contributed by atoms with Crippen molar-refractivity contribution in [1.29, 1.82) is 0 Å². The van der Waals surface area contributed by atoms with E-state index in [1.807, 2.05) is 39.0 Å². The fourth-order valence-corrected chi connectivity index (χ4v) is 4.55. The molecular formula is C21H30N3O5P. The number of hydrogen-bond donors (Lipinski definition) is 2. The van der Waals surface area contributed by atoms with Crippen LogP contribution >= 0.6 is 7.60 Å². The first-order chi connectivity index (χ1) is 14.3. The summed E-state index contributed by atoms with van der Waals surface area (Å²) in [7, 11) is -0.629. The van der Waals surface area contributed by atoms with Gasteiger partial charge in [0.2, 0.25) is 0 Å². The lowest BCUT2D eigenvalue weighted by Gasteiger charge is -2.26. The predicted molar refractivity (Wildman–Crippen MR) is 118 cm³/mol. The van der Waals surface area contributed by atoms with Crippen LogP contribution in [-0.2, 0) is 9.19 Å². The van der Waals surface area contributed by atoms with Crippen molar-refractivity contribution in [2.45, 2.75) is 40.5 Å². The molecule has 0 amide bonds. The summed E-state index contributed by atoms with van der Waals surface area (Å²) in [4.78, 5) is 4.30. The van der Waals surface area contributed by atoms with Crippen molar-refractivity contribution in [1.82, 2.24) is 10.6 Å². The van der Waals surface area contributed by atoms with Crippen molar-refractivity contribution in [3.05, 3.63) is 53.0 Å². The van der Waals surface area contributed by atoms with Gasteiger partial charge in [-0.3, -0.25) is 5.01 Å². The minimum Gasteiger partial charge on any atom is -0.504 e. The zero-order valence-corrected chi connectivity index (χ0v) is 19.2. The lowest BCUT2D eigenvalue weighted by Crippen LogP contribution is -2.35. The molecule has 1 aromatic carbocycles. The Kier molecular flexibility index (Phi) is 8.29. The molecule has 0 saturated carbocycles. The number of benzene rings is 1. The summed E-state index contributed by atoms with van der Waals surface area (Å²) >= 11 is 0. The minimum atomic E-state index is -3.78. The summed E-state index contributed by atoms with van der Waals surface area (Å²) in [5.74, 6) is 1.12. The quantitative estimate of drug-likeness (QED) is 0.386. The number of methoxy groups -OCH3 is 1. The van der Waals surface area contributed by atoms with Gasteiger partial charge >= 0.3 is 7.60 Å². The van der Waals surface area contributed by atoms with Gasteiger partial charge in [0.05, 0.1) is 12.4 Å². The number of ether oxygens (including phenoxy) is 1. The molecule has 0 spiro atoms. The van der Waals surface area contributed by atoms with Crippen LogP contribution in [0.15, 0.2) is 41.9 Å². The first-order valence-corrected chi connectivity index (χ1v) is 11.3. The number of aryl methyl sites for hydroxylation is 2. The van der Waals surface area contributed by atoms with Gasteiger partial charge in [-0.25, -0.2) is 9.55 Å². The second-order valence-electron chi connectivity index (χ2n) is 6.72. The lowest BCUT2D eigenvalue weighted by molar-refractivity contribution is 0.167. The van der Waals surface area contributed by atoms with Gasteiger partial charge in [-0.05, 0) is 49.9 Å². The van der Waals surface area contributed by atoms with Crippen LogP contribution in [0, 0.1) is 13.8 Å². The van der Waals surface area contributed by atoms with E-state index in [0.29, 0.717) is 29.5 Å². The highest BCUT2D eigenvalue weighted by molar-refractivity contribution is 7.58. The molecule has 0 aliphatic heterocycles. The van der Waals surface area contributed by atoms with Crippen molar-refractivity contribution < 1.29 is 23.6 Å². The Labute approximate surface area is 177 Å². The zero-order valence-electron chi connectivity index (χ0n) is 18.3. The van der Waals surface area contributed by atoms with Crippen LogP contribution < -0.4 is 19.9 Å². The summed E-state index contributed by atoms with van der Waals surface area (Å²) in [6.45, 7) is 7.45. The number of aromatic hydroxyl groups is 1. The molecule has 30 heavy (non-hydrogen) atoms. The summed E-state index contributed by atoms with van der Waals surface area (Å²) in [6, 6.07) is 6.81. The molecule has 2 N–H and O–H groups in total. The summed E-state index contributed by atoms with van der Waals surface area (Å²) < 4.78 is 30.5. The highest BCUT2D eigenvalue weighted by Gasteiger charge is 2.33. The molecule has 9 heteroatoms. The number of phenolic OH excluding ortho intramolecular Hbond substituents is 1. The fraction of sp³-hybridized carbons (Fsp3) is 0.381. The topological polar surface area (TPSA) is 93.2 Å². The molecule has 0 fully saturated rings. The van der Waals surface area contributed by atoms with Crippen molar-refractivity contribution in [3.8, 4) is 17.2 Å². The molecule has 1 atom stereocenters. The maximum Gasteiger partial charge on any atom is 0.424 e. The van der Waals surface area contributed by atoms with E-state index in [2.05, 4.69) is 10.6 Å². The van der Waals surface area contributed by atoms with Crippen molar-refractivity contribution in [2.75, 3.05) is 19.2 Å². The molecule has 1 unspecified atom stereocenters. The summed E-state index contributed by atoms with van der Waals surface area (Å²) in [5.41, 5.74) is 4.14. The van der Waals surface area contributed by atoms with Crippen LogP contribution in [0.3, 0.4) is 0 Å². The van der Waals surface area contributed by atoms with Crippen molar-refractivity contribution in [2.24, 2.45) is 0 Å². The standard InChI is InChI=1S/C21H30N3O5P/c1-7-10-18(8-2)30(26,28-17-13-16(4)20(25)19(14-17)27-6)29-23-24(5)21-15(3)11-9-12-22-21/h9-14,23,25H,7-8H2,1-6H3/b18-10+. The number of nitrogens with one attached hydrogen (secondary N) is 1. The highest BCUT2D eigenvalue weighted by Crippen LogP contribution is 2.57. The molecule has 1 aromatic heterocycles. The third kappa shape index (κ3) is 5.53. The second-order valence-corrected chi connectivity index (χ2v) is 8.66. The molecule has 2 aromatic rings. The maximum absolute atomic E-state index is 13.8. The van der Waals surface area contributed by atoms with Crippen molar-refractivity contribution in [3.63, 3.8) is 0 Å². The van der Waals surface area contributed by atoms with Gasteiger partial charge in [-0.2, -0.15) is 4.62 Å². The molecule has 0 aliphatic rings. The van der Waals surface area contributed by atoms with E-state index >= 15 is 0 Å². The van der Waals surface area contributed by atoms with Crippen LogP contribution in [0.25, 0.3) is 0 Å². The van der Waals surface area contributed by atoms with E-state index in [-0.39, 0.29) is 17.2 Å². The molecule has 0 radical (unpaired) electrons. The third-order valence-electron chi connectivity index (χ3n) is 4.44. The average molecular weight is 435 g/mol. The zero-order chi connectivity index (χ0) is 22.3. The van der Waals surface area contributed by atoms with Gasteiger partial charge in [-0.15, -0.1) is 5.59 Å². The van der Waals surface area contributed by atoms with E-state index in [1.165, 1.54) is 18.2 Å². The number of pyridine rings is 1. The molecule has 0 aliphatic carbocycles. The Morgan fingerprint density at radius 1 is 1.30 bits per heavy atom. The molecule has 2 rings (SSSR count). The van der Waals surface area contributed by atoms with E-state index in [0.717, 1.165) is 5.56 Å². The first kappa shape index (κ1) is 23.7. The average Bonchev–Trinajstić information content (AvgIpc) is 2.73. The monoisotopic (exact) mass is 435 g/mol. The van der Waals surface area contributed by atoms with Crippen LogP contribution in [0.1, 0.15) is 37.8 Å². The van der Waals surface area contributed by atoms with Gasteiger partial charge in [0.25, 0.3) is 0 Å². The first-order valence-electron chi connectivity index (χ1n) is 9.72. The third-order valence-corrected chi connectivity index (χ3v) is 6.41. The highest BCUT2D eigenvalue weighted by atomic mass is 31.2. The van der Waals surface area contributed by atoms with E-state index in [1.54, 1.807) is 26.2 Å². The van der Waals surface area contributed by atoms with E-state index in [4.69, 9.17) is 13.9 Å². The maximum atomic E-state index is 13.8. The number of allylic oxidation sites excluding steroid dienone is 2. The Hall–Kier alpha value is -2.54. The number of nitrogens with zero attached hydrogens (tertiary/aromatic N) is 2. The Bertz CT molecular complexity index is 948. The molecule has 0 bridgehead atoms. The molecule has 8 nitrogen and oxygen atoms in total. The number of phenols is 1. The Morgan fingerprint density at radius 2 is 2.03 bits per heavy atom. The summed E-state index contributed by atoms with van der Waals surface area (Å²) in [5, 5.41) is 12.1. The molecule has 164 valence electrons. The largest absolute Gasteiger partial charge is 0.504 e. The Morgan fingerprint density at radius 3 is 2.63 bits per heavy atom. The van der Waals surface area contributed by atoms with Gasteiger partial charge in [0, 0.05) is 19.3 Å².